The SMILES string of the molecule is O=C(Cc1ccccc1)N/N=C\c1ccc(O[C@H]2O[C@H](CO)[C@H](O)[C@H](O)[C@H]2O)cc1. The van der Waals surface area contributed by atoms with Crippen LogP contribution in [0.1, 0.15) is 11.1 Å². The van der Waals surface area contributed by atoms with E-state index in [9.17, 15) is 25.2 Å². The summed E-state index contributed by atoms with van der Waals surface area (Å²) in [7, 11) is 0. The first-order chi connectivity index (χ1) is 14.5. The van der Waals surface area contributed by atoms with Gasteiger partial charge in [0, 0.05) is 0 Å². The molecule has 30 heavy (non-hydrogen) atoms. The largest absolute Gasteiger partial charge is 0.462 e. The average molecular weight is 416 g/mol. The maximum atomic E-state index is 11.9. The third kappa shape index (κ3) is 5.62. The van der Waals surface area contributed by atoms with Crippen molar-refractivity contribution in [3.05, 3.63) is 65.7 Å². The lowest BCUT2D eigenvalue weighted by Crippen LogP contribution is -2.60. The summed E-state index contributed by atoms with van der Waals surface area (Å²) in [5.74, 6) is 0.101. The summed E-state index contributed by atoms with van der Waals surface area (Å²) in [5.41, 5.74) is 4.04. The number of carbonyl (C=O) groups is 1. The zero-order valence-electron chi connectivity index (χ0n) is 16.0. The quantitative estimate of drug-likeness (QED) is 0.304. The zero-order chi connectivity index (χ0) is 21.5. The second kappa shape index (κ2) is 10.3. The smallest absolute Gasteiger partial charge is 0.244 e. The van der Waals surface area contributed by atoms with Crippen molar-refractivity contribution in [3.8, 4) is 5.75 Å². The van der Waals surface area contributed by atoms with Crippen LogP contribution in [0.4, 0.5) is 0 Å². The molecule has 0 aromatic heterocycles. The van der Waals surface area contributed by atoms with Crippen LogP contribution in [0.25, 0.3) is 0 Å². The molecular formula is C21H24N2O7. The molecule has 0 spiro atoms. The monoisotopic (exact) mass is 416 g/mol. The number of benzene rings is 2. The Morgan fingerprint density at radius 2 is 1.73 bits per heavy atom. The minimum absolute atomic E-state index is 0.226. The van der Waals surface area contributed by atoms with Gasteiger partial charge < -0.3 is 29.9 Å². The van der Waals surface area contributed by atoms with Gasteiger partial charge in [-0.25, -0.2) is 5.43 Å². The van der Waals surface area contributed by atoms with Crippen molar-refractivity contribution in [1.82, 2.24) is 5.43 Å². The first-order valence-electron chi connectivity index (χ1n) is 9.41. The molecule has 9 nitrogen and oxygen atoms in total. The molecule has 160 valence electrons. The van der Waals surface area contributed by atoms with E-state index >= 15 is 0 Å². The van der Waals surface area contributed by atoms with E-state index in [0.717, 1.165) is 5.56 Å². The highest BCUT2D eigenvalue weighted by atomic mass is 16.7. The van der Waals surface area contributed by atoms with Crippen molar-refractivity contribution in [2.75, 3.05) is 6.61 Å². The fourth-order valence-electron chi connectivity index (χ4n) is 2.93. The van der Waals surface area contributed by atoms with Gasteiger partial charge in [-0.2, -0.15) is 5.10 Å². The molecule has 5 N–H and O–H groups in total. The predicted octanol–water partition coefficient (Wildman–Crippen LogP) is -0.442. The van der Waals surface area contributed by atoms with Crippen molar-refractivity contribution in [3.63, 3.8) is 0 Å². The first kappa shape index (κ1) is 21.9. The minimum Gasteiger partial charge on any atom is -0.462 e. The standard InChI is InChI=1S/C21H24N2O7/c24-12-16-18(26)19(27)20(28)21(30-16)29-15-8-6-14(7-9-15)11-22-23-17(25)10-13-4-2-1-3-5-13/h1-9,11,16,18-21,24,26-28H,10,12H2,(H,23,25)/b22-11-/t16-,18+,19+,20-,21+/m1/s1. The molecule has 0 saturated carbocycles. The molecule has 0 radical (unpaired) electrons. The second-order valence-corrected chi connectivity index (χ2v) is 6.84. The maximum Gasteiger partial charge on any atom is 0.244 e. The minimum atomic E-state index is -1.51. The summed E-state index contributed by atoms with van der Waals surface area (Å²) in [4.78, 5) is 11.9. The Bertz CT molecular complexity index is 842. The van der Waals surface area contributed by atoms with Crippen LogP contribution in [0.2, 0.25) is 0 Å². The van der Waals surface area contributed by atoms with Crippen molar-refractivity contribution in [1.29, 1.82) is 0 Å². The lowest BCUT2D eigenvalue weighted by Gasteiger charge is -2.39. The number of hydrogen-bond acceptors (Lipinski definition) is 8. The van der Waals surface area contributed by atoms with Gasteiger partial charge in [0.15, 0.2) is 0 Å². The third-order valence-corrected chi connectivity index (χ3v) is 4.59. The van der Waals surface area contributed by atoms with Gasteiger partial charge in [0.1, 0.15) is 30.2 Å². The summed E-state index contributed by atoms with van der Waals surface area (Å²) in [6.45, 7) is -0.532. The van der Waals surface area contributed by atoms with E-state index in [0.29, 0.717) is 11.3 Å². The van der Waals surface area contributed by atoms with Gasteiger partial charge in [-0.05, 0) is 35.4 Å². The highest BCUT2D eigenvalue weighted by Crippen LogP contribution is 2.24. The Morgan fingerprint density at radius 1 is 1.03 bits per heavy atom. The topological polar surface area (TPSA) is 141 Å². The lowest BCUT2D eigenvalue weighted by atomic mass is 9.99. The summed E-state index contributed by atoms with van der Waals surface area (Å²) in [6.07, 6.45) is -5.03. The van der Waals surface area contributed by atoms with Gasteiger partial charge in [-0.3, -0.25) is 4.79 Å². The van der Waals surface area contributed by atoms with E-state index in [1.165, 1.54) is 6.21 Å². The number of aliphatic hydroxyl groups is 4. The molecule has 1 saturated heterocycles. The highest BCUT2D eigenvalue weighted by Gasteiger charge is 2.44. The van der Waals surface area contributed by atoms with Gasteiger partial charge in [-0.1, -0.05) is 30.3 Å². The van der Waals surface area contributed by atoms with E-state index in [2.05, 4.69) is 10.5 Å². The van der Waals surface area contributed by atoms with Crippen molar-refractivity contribution in [2.45, 2.75) is 37.1 Å². The molecule has 1 fully saturated rings. The average Bonchev–Trinajstić information content (AvgIpc) is 2.76. The molecule has 1 amide bonds. The molecule has 1 heterocycles. The van der Waals surface area contributed by atoms with E-state index in [1.54, 1.807) is 24.3 Å². The fraction of sp³-hybridized carbons (Fsp3) is 0.333. The molecule has 5 atom stereocenters. The van der Waals surface area contributed by atoms with Crippen LogP contribution in [-0.2, 0) is 16.0 Å². The van der Waals surface area contributed by atoms with Gasteiger partial charge in [-0.15, -0.1) is 0 Å². The number of amides is 1. The number of hydrazone groups is 1. The summed E-state index contributed by atoms with van der Waals surface area (Å²) in [6, 6.07) is 15.8. The van der Waals surface area contributed by atoms with Crippen molar-refractivity contribution in [2.24, 2.45) is 5.10 Å². The van der Waals surface area contributed by atoms with Crippen LogP contribution in [0, 0.1) is 0 Å². The van der Waals surface area contributed by atoms with Crippen LogP contribution < -0.4 is 10.2 Å². The van der Waals surface area contributed by atoms with E-state index in [1.807, 2.05) is 30.3 Å². The molecule has 1 aliphatic heterocycles. The van der Waals surface area contributed by atoms with Crippen LogP contribution in [-0.4, -0.2) is 69.9 Å². The van der Waals surface area contributed by atoms with E-state index < -0.39 is 37.3 Å². The molecule has 2 aromatic rings. The number of carbonyl (C=O) groups excluding carboxylic acids is 1. The number of nitrogens with one attached hydrogen (secondary N) is 1. The lowest BCUT2D eigenvalue weighted by molar-refractivity contribution is -0.277. The molecule has 2 aromatic carbocycles. The first-order valence-corrected chi connectivity index (χ1v) is 9.41. The summed E-state index contributed by atoms with van der Waals surface area (Å²) < 4.78 is 10.8. The van der Waals surface area contributed by atoms with Crippen molar-refractivity contribution >= 4 is 12.1 Å². The molecular weight excluding hydrogens is 392 g/mol. The van der Waals surface area contributed by atoms with Gasteiger partial charge in [0.25, 0.3) is 0 Å². The van der Waals surface area contributed by atoms with Gasteiger partial charge >= 0.3 is 0 Å². The Morgan fingerprint density at radius 3 is 2.40 bits per heavy atom. The molecule has 0 bridgehead atoms. The second-order valence-electron chi connectivity index (χ2n) is 6.84. The molecule has 0 aliphatic carbocycles. The van der Waals surface area contributed by atoms with Gasteiger partial charge in [0.05, 0.1) is 19.2 Å². The Kier molecular flexibility index (Phi) is 7.50. The third-order valence-electron chi connectivity index (χ3n) is 4.59. The number of rotatable bonds is 7. The van der Waals surface area contributed by atoms with Crippen LogP contribution in [0.5, 0.6) is 5.75 Å². The molecule has 0 unspecified atom stereocenters. The normalized spacial score (nSPS) is 26.5. The number of nitrogens with zero attached hydrogens (tertiary/aromatic N) is 1. The van der Waals surface area contributed by atoms with E-state index in [-0.39, 0.29) is 12.3 Å². The zero-order valence-corrected chi connectivity index (χ0v) is 16.0. The van der Waals surface area contributed by atoms with Crippen LogP contribution in [0.15, 0.2) is 59.7 Å². The highest BCUT2D eigenvalue weighted by molar-refractivity contribution is 5.83. The number of hydrogen-bond donors (Lipinski definition) is 5. The molecule has 1 aliphatic rings. The summed E-state index contributed by atoms with van der Waals surface area (Å²) in [5, 5.41) is 42.7. The van der Waals surface area contributed by atoms with E-state index in [4.69, 9.17) is 9.47 Å². The Hall–Kier alpha value is -2.82. The predicted molar refractivity (Wildman–Crippen MR) is 107 cm³/mol. The fourth-order valence-corrected chi connectivity index (χ4v) is 2.93. The van der Waals surface area contributed by atoms with Gasteiger partial charge in [0.2, 0.25) is 12.2 Å². The maximum absolute atomic E-state index is 11.9. The van der Waals surface area contributed by atoms with Crippen molar-refractivity contribution < 1.29 is 34.7 Å². The van der Waals surface area contributed by atoms with Crippen LogP contribution in [0.3, 0.4) is 0 Å². The Labute approximate surface area is 173 Å². The molecule has 3 rings (SSSR count). The number of aliphatic hydroxyl groups excluding tert-OH is 4. The Balaban J connectivity index is 1.52. The number of ether oxygens (including phenoxy) is 2. The van der Waals surface area contributed by atoms with Crippen LogP contribution >= 0.6 is 0 Å². The summed E-state index contributed by atoms with van der Waals surface area (Å²) >= 11 is 0. The molecule has 9 heteroatoms.